The maximum Gasteiger partial charge on any atom is 0.237 e. The SMILES string of the molecule is CC(Sc1nnc(-c2ccccc2)c(-c2ccccc2)n1)C(=O)Nc1ccc(N(C)C)cc1. The van der Waals surface area contributed by atoms with Gasteiger partial charge in [0, 0.05) is 36.6 Å². The van der Waals surface area contributed by atoms with E-state index in [1.165, 1.54) is 11.8 Å². The molecular weight excluding hydrogens is 430 g/mol. The molecule has 1 heterocycles. The Morgan fingerprint density at radius 3 is 1.97 bits per heavy atom. The minimum Gasteiger partial charge on any atom is -0.378 e. The van der Waals surface area contributed by atoms with Crippen molar-refractivity contribution in [3.63, 3.8) is 0 Å². The van der Waals surface area contributed by atoms with E-state index in [9.17, 15) is 4.79 Å². The number of aromatic nitrogens is 3. The third-order valence-corrected chi connectivity index (χ3v) is 6.02. The van der Waals surface area contributed by atoms with Gasteiger partial charge < -0.3 is 10.2 Å². The predicted octanol–water partition coefficient (Wildman–Crippen LogP) is 5.39. The van der Waals surface area contributed by atoms with Crippen LogP contribution in [0.15, 0.2) is 90.1 Å². The molecule has 0 radical (unpaired) electrons. The van der Waals surface area contributed by atoms with Crippen LogP contribution in [0.25, 0.3) is 22.5 Å². The molecule has 0 aliphatic rings. The van der Waals surface area contributed by atoms with Crippen LogP contribution in [0.3, 0.4) is 0 Å². The molecule has 0 aliphatic carbocycles. The molecule has 3 aromatic carbocycles. The highest BCUT2D eigenvalue weighted by Gasteiger charge is 2.19. The summed E-state index contributed by atoms with van der Waals surface area (Å²) in [5.41, 5.74) is 5.17. The molecule has 6 nitrogen and oxygen atoms in total. The quantitative estimate of drug-likeness (QED) is 0.377. The first-order valence-corrected chi connectivity index (χ1v) is 11.5. The highest BCUT2D eigenvalue weighted by atomic mass is 32.2. The minimum atomic E-state index is -0.397. The lowest BCUT2D eigenvalue weighted by Crippen LogP contribution is -2.22. The Kier molecular flexibility index (Phi) is 7.00. The van der Waals surface area contributed by atoms with Crippen molar-refractivity contribution in [1.82, 2.24) is 15.2 Å². The van der Waals surface area contributed by atoms with E-state index in [1.54, 1.807) is 0 Å². The summed E-state index contributed by atoms with van der Waals surface area (Å²) in [4.78, 5) is 19.6. The van der Waals surface area contributed by atoms with Crippen LogP contribution in [0, 0.1) is 0 Å². The molecule has 1 unspecified atom stereocenters. The van der Waals surface area contributed by atoms with Gasteiger partial charge in [-0.2, -0.15) is 0 Å². The average Bonchev–Trinajstić information content (AvgIpc) is 2.85. The number of anilines is 2. The third kappa shape index (κ3) is 5.56. The van der Waals surface area contributed by atoms with Gasteiger partial charge in [-0.05, 0) is 31.2 Å². The van der Waals surface area contributed by atoms with E-state index in [2.05, 4.69) is 15.5 Å². The molecule has 0 saturated carbocycles. The van der Waals surface area contributed by atoms with Gasteiger partial charge >= 0.3 is 0 Å². The van der Waals surface area contributed by atoms with E-state index in [0.717, 1.165) is 28.2 Å². The number of nitrogens with one attached hydrogen (secondary N) is 1. The third-order valence-electron chi connectivity index (χ3n) is 5.06. The second-order valence-corrected chi connectivity index (χ2v) is 9.02. The van der Waals surface area contributed by atoms with E-state index in [1.807, 2.05) is 111 Å². The van der Waals surface area contributed by atoms with Gasteiger partial charge in [0.25, 0.3) is 0 Å². The summed E-state index contributed by atoms with van der Waals surface area (Å²) in [5.74, 6) is -0.116. The number of rotatable bonds is 7. The number of carbonyl (C=O) groups excluding carboxylic acids is 1. The molecule has 0 aliphatic heterocycles. The zero-order valence-electron chi connectivity index (χ0n) is 18.8. The van der Waals surface area contributed by atoms with Crippen molar-refractivity contribution in [2.24, 2.45) is 0 Å². The normalized spacial score (nSPS) is 11.6. The number of thioether (sulfide) groups is 1. The fourth-order valence-corrected chi connectivity index (χ4v) is 3.96. The Labute approximate surface area is 198 Å². The Hall–Kier alpha value is -3.71. The zero-order chi connectivity index (χ0) is 23.2. The van der Waals surface area contributed by atoms with E-state index in [4.69, 9.17) is 4.98 Å². The first kappa shape index (κ1) is 22.5. The lowest BCUT2D eigenvalue weighted by Gasteiger charge is -2.15. The van der Waals surface area contributed by atoms with Crippen molar-refractivity contribution in [2.45, 2.75) is 17.3 Å². The van der Waals surface area contributed by atoms with Gasteiger partial charge in [-0.15, -0.1) is 10.2 Å². The van der Waals surface area contributed by atoms with Crippen LogP contribution in [0.1, 0.15) is 6.92 Å². The number of carbonyl (C=O) groups is 1. The zero-order valence-corrected chi connectivity index (χ0v) is 19.6. The topological polar surface area (TPSA) is 71.0 Å². The first-order chi connectivity index (χ1) is 16.0. The fourth-order valence-electron chi connectivity index (χ4n) is 3.25. The fraction of sp³-hybridized carbons (Fsp3) is 0.154. The van der Waals surface area contributed by atoms with Gasteiger partial charge in [0.2, 0.25) is 11.1 Å². The molecule has 7 heteroatoms. The Morgan fingerprint density at radius 2 is 1.39 bits per heavy atom. The molecule has 4 aromatic rings. The molecular formula is C26H25N5OS. The van der Waals surface area contributed by atoms with Crippen molar-refractivity contribution < 1.29 is 4.79 Å². The lowest BCUT2D eigenvalue weighted by molar-refractivity contribution is -0.115. The highest BCUT2D eigenvalue weighted by molar-refractivity contribution is 8.00. The van der Waals surface area contributed by atoms with E-state index in [0.29, 0.717) is 10.9 Å². The van der Waals surface area contributed by atoms with Crippen molar-refractivity contribution in [3.8, 4) is 22.5 Å². The van der Waals surface area contributed by atoms with Crippen molar-refractivity contribution in [2.75, 3.05) is 24.3 Å². The van der Waals surface area contributed by atoms with Crippen molar-refractivity contribution in [1.29, 1.82) is 0 Å². The number of hydrogen-bond donors (Lipinski definition) is 1. The largest absolute Gasteiger partial charge is 0.378 e. The molecule has 0 spiro atoms. The molecule has 166 valence electrons. The monoisotopic (exact) mass is 455 g/mol. The van der Waals surface area contributed by atoms with Crippen LogP contribution in [-0.2, 0) is 4.79 Å². The minimum absolute atomic E-state index is 0.116. The summed E-state index contributed by atoms with van der Waals surface area (Å²) < 4.78 is 0. The molecule has 1 amide bonds. The maximum atomic E-state index is 12.8. The van der Waals surface area contributed by atoms with E-state index >= 15 is 0 Å². The Morgan fingerprint density at radius 1 is 0.818 bits per heavy atom. The predicted molar refractivity (Wildman–Crippen MR) is 135 cm³/mol. The second-order valence-electron chi connectivity index (χ2n) is 7.71. The van der Waals surface area contributed by atoms with E-state index < -0.39 is 5.25 Å². The molecule has 33 heavy (non-hydrogen) atoms. The molecule has 0 saturated heterocycles. The van der Waals surface area contributed by atoms with Crippen LogP contribution >= 0.6 is 11.8 Å². The van der Waals surface area contributed by atoms with Gasteiger partial charge in [-0.1, -0.05) is 72.4 Å². The standard InChI is InChI=1S/C26H25N5OS/c1-18(25(32)27-21-14-16-22(17-15-21)31(2)3)33-26-28-23(19-10-6-4-7-11-19)24(29-30-26)20-12-8-5-9-13-20/h4-18H,1-3H3,(H,27,32). The number of hydrogen-bond acceptors (Lipinski definition) is 6. The van der Waals surface area contributed by atoms with Crippen LogP contribution < -0.4 is 10.2 Å². The molecule has 0 bridgehead atoms. The average molecular weight is 456 g/mol. The lowest BCUT2D eigenvalue weighted by atomic mass is 10.0. The number of nitrogens with zero attached hydrogens (tertiary/aromatic N) is 4. The van der Waals surface area contributed by atoms with Crippen LogP contribution in [0.5, 0.6) is 0 Å². The van der Waals surface area contributed by atoms with Crippen LogP contribution in [0.4, 0.5) is 11.4 Å². The maximum absolute atomic E-state index is 12.8. The number of amides is 1. The van der Waals surface area contributed by atoms with Gasteiger partial charge in [0.1, 0.15) is 11.4 Å². The molecule has 1 N–H and O–H groups in total. The van der Waals surface area contributed by atoms with Crippen LogP contribution in [-0.4, -0.2) is 40.4 Å². The van der Waals surface area contributed by atoms with Gasteiger partial charge in [0.15, 0.2) is 0 Å². The second kappa shape index (κ2) is 10.3. The summed E-state index contributed by atoms with van der Waals surface area (Å²) >= 11 is 1.29. The smallest absolute Gasteiger partial charge is 0.237 e. The summed E-state index contributed by atoms with van der Waals surface area (Å²) in [7, 11) is 3.96. The van der Waals surface area contributed by atoms with Crippen molar-refractivity contribution >= 4 is 29.0 Å². The summed E-state index contributed by atoms with van der Waals surface area (Å²) in [6.07, 6.45) is 0. The van der Waals surface area contributed by atoms with E-state index in [-0.39, 0.29) is 5.91 Å². The molecule has 1 atom stereocenters. The summed E-state index contributed by atoms with van der Waals surface area (Å²) in [6.45, 7) is 1.84. The first-order valence-electron chi connectivity index (χ1n) is 10.6. The van der Waals surface area contributed by atoms with Gasteiger partial charge in [-0.3, -0.25) is 4.79 Å². The summed E-state index contributed by atoms with van der Waals surface area (Å²) in [5, 5.41) is 11.8. The van der Waals surface area contributed by atoms with Gasteiger partial charge in [-0.25, -0.2) is 4.98 Å². The number of benzene rings is 3. The Balaban J connectivity index is 1.54. The molecule has 0 fully saturated rings. The highest BCUT2D eigenvalue weighted by Crippen LogP contribution is 2.30. The molecule has 4 rings (SSSR count). The molecule has 1 aromatic heterocycles. The summed E-state index contributed by atoms with van der Waals surface area (Å²) in [6, 6.07) is 27.5. The van der Waals surface area contributed by atoms with Crippen LogP contribution in [0.2, 0.25) is 0 Å². The Bertz CT molecular complexity index is 1210. The van der Waals surface area contributed by atoms with Crippen molar-refractivity contribution in [3.05, 3.63) is 84.9 Å². The van der Waals surface area contributed by atoms with Gasteiger partial charge in [0.05, 0.1) is 5.25 Å².